The van der Waals surface area contributed by atoms with E-state index in [0.717, 1.165) is 30.8 Å². The summed E-state index contributed by atoms with van der Waals surface area (Å²) >= 11 is 0. The fraction of sp³-hybridized carbons (Fsp3) is 0.391. The number of benzene rings is 1. The highest BCUT2D eigenvalue weighted by Gasteiger charge is 2.09. The van der Waals surface area contributed by atoms with Crippen molar-refractivity contribution in [2.45, 2.75) is 38.5 Å². The Balaban J connectivity index is 1.46. The minimum Gasteiger partial charge on any atom is -0.497 e. The zero-order valence-electron chi connectivity index (χ0n) is 16.5. The van der Waals surface area contributed by atoms with E-state index in [0.29, 0.717) is 12.2 Å². The summed E-state index contributed by atoms with van der Waals surface area (Å²) in [5, 5.41) is 6.35. The summed E-state index contributed by atoms with van der Waals surface area (Å²) in [4.78, 5) is 16.6. The van der Waals surface area contributed by atoms with Crippen LogP contribution in [0.15, 0.2) is 54.2 Å². The van der Waals surface area contributed by atoms with E-state index >= 15 is 0 Å². The van der Waals surface area contributed by atoms with Crippen molar-refractivity contribution in [3.05, 3.63) is 65.5 Å². The maximum Gasteiger partial charge on any atom is 0.269 e. The quantitative estimate of drug-likeness (QED) is 0.635. The molecule has 5 nitrogen and oxygen atoms in total. The summed E-state index contributed by atoms with van der Waals surface area (Å²) in [5.74, 6) is 0.747. The summed E-state index contributed by atoms with van der Waals surface area (Å²) < 4.78 is 5.26. The zero-order valence-corrected chi connectivity index (χ0v) is 16.5. The number of nitrogens with zero attached hydrogens (tertiary/aromatic N) is 1. The number of hydrogen-bond donors (Lipinski definition) is 2. The van der Waals surface area contributed by atoms with E-state index < -0.39 is 0 Å². The van der Waals surface area contributed by atoms with Crippen LogP contribution in [-0.4, -0.2) is 31.1 Å². The van der Waals surface area contributed by atoms with Gasteiger partial charge in [-0.15, -0.1) is 0 Å². The lowest BCUT2D eigenvalue weighted by Crippen LogP contribution is -2.25. The highest BCUT2D eigenvalue weighted by atomic mass is 16.5. The largest absolute Gasteiger partial charge is 0.497 e. The molecule has 148 valence electrons. The highest BCUT2D eigenvalue weighted by Crippen LogP contribution is 2.19. The van der Waals surface area contributed by atoms with E-state index in [1.54, 1.807) is 19.4 Å². The summed E-state index contributed by atoms with van der Waals surface area (Å²) in [5.41, 5.74) is 4.02. The zero-order chi connectivity index (χ0) is 19.6. The molecule has 3 rings (SSSR count). The van der Waals surface area contributed by atoms with Crippen LogP contribution in [-0.2, 0) is 6.42 Å². The van der Waals surface area contributed by atoms with Gasteiger partial charge in [-0.25, -0.2) is 0 Å². The predicted octanol–water partition coefficient (Wildman–Crippen LogP) is 4.37. The SMILES string of the molecule is COc1cccc(CCNc2ccnc(C(=O)NCCC3=CCCCC3)c2)c1. The van der Waals surface area contributed by atoms with E-state index in [1.807, 2.05) is 24.3 Å². The van der Waals surface area contributed by atoms with Gasteiger partial charge in [0.1, 0.15) is 11.4 Å². The molecule has 28 heavy (non-hydrogen) atoms. The maximum atomic E-state index is 12.4. The molecular weight excluding hydrogens is 350 g/mol. The second-order valence-corrected chi connectivity index (χ2v) is 7.07. The van der Waals surface area contributed by atoms with Crippen molar-refractivity contribution in [3.63, 3.8) is 0 Å². The van der Waals surface area contributed by atoms with Gasteiger partial charge >= 0.3 is 0 Å². The summed E-state index contributed by atoms with van der Waals surface area (Å²) in [7, 11) is 1.67. The monoisotopic (exact) mass is 379 g/mol. The lowest BCUT2D eigenvalue weighted by molar-refractivity contribution is 0.0949. The number of ether oxygens (including phenoxy) is 1. The lowest BCUT2D eigenvalue weighted by Gasteiger charge is -2.13. The van der Waals surface area contributed by atoms with Crippen molar-refractivity contribution in [1.82, 2.24) is 10.3 Å². The number of hydrogen-bond acceptors (Lipinski definition) is 4. The fourth-order valence-corrected chi connectivity index (χ4v) is 3.40. The first-order valence-electron chi connectivity index (χ1n) is 10.0. The van der Waals surface area contributed by atoms with Crippen LogP contribution in [0.5, 0.6) is 5.75 Å². The van der Waals surface area contributed by atoms with Crippen molar-refractivity contribution in [2.75, 3.05) is 25.5 Å². The molecule has 0 saturated heterocycles. The van der Waals surface area contributed by atoms with E-state index in [2.05, 4.69) is 27.8 Å². The molecule has 2 aromatic rings. The first-order valence-corrected chi connectivity index (χ1v) is 10.0. The van der Waals surface area contributed by atoms with E-state index in [-0.39, 0.29) is 5.91 Å². The average Bonchev–Trinajstić information content (AvgIpc) is 2.75. The van der Waals surface area contributed by atoms with Gasteiger partial charge in [0.15, 0.2) is 0 Å². The number of amides is 1. The Morgan fingerprint density at radius 2 is 2.07 bits per heavy atom. The molecule has 5 heteroatoms. The van der Waals surface area contributed by atoms with Gasteiger partial charge in [0, 0.05) is 25.0 Å². The Morgan fingerprint density at radius 3 is 2.89 bits per heavy atom. The number of pyridine rings is 1. The first-order chi connectivity index (χ1) is 13.7. The number of aromatic nitrogens is 1. The van der Waals surface area contributed by atoms with Gasteiger partial charge in [-0.05, 0) is 68.4 Å². The number of anilines is 1. The molecule has 0 bridgehead atoms. The Bertz CT molecular complexity index is 817. The molecule has 0 atom stereocenters. The molecule has 1 aliphatic rings. The number of nitrogens with one attached hydrogen (secondary N) is 2. The smallest absolute Gasteiger partial charge is 0.269 e. The molecule has 0 saturated carbocycles. The molecule has 0 spiro atoms. The van der Waals surface area contributed by atoms with Crippen LogP contribution in [0.25, 0.3) is 0 Å². The minimum atomic E-state index is -0.118. The molecule has 0 unspecified atom stereocenters. The van der Waals surface area contributed by atoms with Crippen molar-refractivity contribution in [3.8, 4) is 5.75 Å². The van der Waals surface area contributed by atoms with Crippen LogP contribution in [0.2, 0.25) is 0 Å². The van der Waals surface area contributed by atoms with Crippen LogP contribution < -0.4 is 15.4 Å². The molecule has 1 heterocycles. The number of methoxy groups -OCH3 is 1. The normalized spacial score (nSPS) is 13.5. The Labute approximate surface area is 167 Å². The van der Waals surface area contributed by atoms with Gasteiger partial charge in [-0.3, -0.25) is 9.78 Å². The molecule has 0 fully saturated rings. The van der Waals surface area contributed by atoms with Crippen molar-refractivity contribution in [2.24, 2.45) is 0 Å². The lowest BCUT2D eigenvalue weighted by atomic mass is 9.97. The molecule has 1 amide bonds. The Kier molecular flexibility index (Phi) is 7.47. The van der Waals surface area contributed by atoms with Crippen LogP contribution in [0.3, 0.4) is 0 Å². The second kappa shape index (κ2) is 10.5. The fourth-order valence-electron chi connectivity index (χ4n) is 3.40. The summed E-state index contributed by atoms with van der Waals surface area (Å²) in [6, 6.07) is 11.7. The topological polar surface area (TPSA) is 63.2 Å². The van der Waals surface area contributed by atoms with Crippen molar-refractivity contribution in [1.29, 1.82) is 0 Å². The van der Waals surface area contributed by atoms with Gasteiger partial charge in [-0.1, -0.05) is 23.8 Å². The number of rotatable bonds is 9. The molecule has 0 aliphatic heterocycles. The van der Waals surface area contributed by atoms with Crippen LogP contribution in [0.4, 0.5) is 5.69 Å². The highest BCUT2D eigenvalue weighted by molar-refractivity contribution is 5.93. The van der Waals surface area contributed by atoms with Gasteiger partial charge in [0.25, 0.3) is 5.91 Å². The maximum absolute atomic E-state index is 12.4. The van der Waals surface area contributed by atoms with E-state index in [1.165, 1.54) is 36.8 Å². The number of allylic oxidation sites excluding steroid dienone is 1. The molecular formula is C23H29N3O2. The van der Waals surface area contributed by atoms with Crippen LogP contribution >= 0.6 is 0 Å². The van der Waals surface area contributed by atoms with Crippen LogP contribution in [0.1, 0.15) is 48.2 Å². The molecule has 2 N–H and O–H groups in total. The van der Waals surface area contributed by atoms with Crippen LogP contribution in [0, 0.1) is 0 Å². The number of carbonyl (C=O) groups is 1. The second-order valence-electron chi connectivity index (χ2n) is 7.07. The van der Waals surface area contributed by atoms with Crippen molar-refractivity contribution >= 4 is 11.6 Å². The average molecular weight is 380 g/mol. The van der Waals surface area contributed by atoms with Gasteiger partial charge in [0.05, 0.1) is 7.11 Å². The van der Waals surface area contributed by atoms with Gasteiger partial charge in [0.2, 0.25) is 0 Å². The van der Waals surface area contributed by atoms with E-state index in [9.17, 15) is 4.79 Å². The standard InChI is InChI=1S/C23H29N3O2/c1-28-21-9-5-8-19(16-21)11-13-24-20-12-15-25-22(17-20)23(27)26-14-10-18-6-3-2-4-7-18/h5-6,8-9,12,15-17H,2-4,7,10-11,13-14H2,1H3,(H,24,25)(H,26,27). The summed E-state index contributed by atoms with van der Waals surface area (Å²) in [6.07, 6.45) is 10.7. The van der Waals surface area contributed by atoms with Crippen molar-refractivity contribution < 1.29 is 9.53 Å². The molecule has 0 radical (unpaired) electrons. The van der Waals surface area contributed by atoms with E-state index in [4.69, 9.17) is 4.74 Å². The Hall–Kier alpha value is -2.82. The third-order valence-electron chi connectivity index (χ3n) is 4.99. The molecule has 1 aromatic carbocycles. The predicted molar refractivity (Wildman–Crippen MR) is 113 cm³/mol. The Morgan fingerprint density at radius 1 is 1.14 bits per heavy atom. The minimum absolute atomic E-state index is 0.118. The van der Waals surface area contributed by atoms with Gasteiger partial charge < -0.3 is 15.4 Å². The molecule has 1 aliphatic carbocycles. The first kappa shape index (κ1) is 19.9. The third-order valence-corrected chi connectivity index (χ3v) is 4.99. The number of carbonyl (C=O) groups excluding carboxylic acids is 1. The third kappa shape index (κ3) is 6.12. The summed E-state index contributed by atoms with van der Waals surface area (Å²) in [6.45, 7) is 1.44. The molecule has 1 aromatic heterocycles. The van der Waals surface area contributed by atoms with Gasteiger partial charge in [-0.2, -0.15) is 0 Å².